The molecule has 1 fully saturated rings. The Morgan fingerprint density at radius 3 is 2.58 bits per heavy atom. The third-order valence-corrected chi connectivity index (χ3v) is 2.50. The Hall–Kier alpha value is -0.540. The molecule has 3 nitrogen and oxygen atoms in total. The molecule has 0 bridgehead atoms. The second kappa shape index (κ2) is 3.92. The highest BCUT2D eigenvalue weighted by atomic mass is 15.4. The maximum Gasteiger partial charge on any atom is 0.0703 e. The minimum Gasteiger partial charge on any atom is -0.360 e. The molecule has 0 aromatic carbocycles. The zero-order valence-corrected chi connectivity index (χ0v) is 8.30. The first kappa shape index (κ1) is 9.55. The predicted octanol–water partition coefficient (Wildman–Crippen LogP) is 0.313. The van der Waals surface area contributed by atoms with Crippen LogP contribution >= 0.6 is 0 Å². The molecular weight excluding hydrogens is 150 g/mol. The summed E-state index contributed by atoms with van der Waals surface area (Å²) in [7, 11) is 4.10. The highest BCUT2D eigenvalue weighted by molar-refractivity contribution is 5.03. The number of nitrogens with one attached hydrogen (secondary N) is 1. The van der Waals surface area contributed by atoms with E-state index in [4.69, 9.17) is 0 Å². The van der Waals surface area contributed by atoms with Crippen LogP contribution in [0.2, 0.25) is 0 Å². The van der Waals surface area contributed by atoms with Crippen molar-refractivity contribution < 1.29 is 0 Å². The summed E-state index contributed by atoms with van der Waals surface area (Å²) < 4.78 is 0. The Morgan fingerprint density at radius 1 is 1.50 bits per heavy atom. The number of likely N-dealkylation sites (N-methyl/N-ethyl adjacent to an activating group) is 2. The fraction of sp³-hybridized carbons (Fsp3) is 0.778. The van der Waals surface area contributed by atoms with Crippen molar-refractivity contribution in [2.75, 3.05) is 33.9 Å². The van der Waals surface area contributed by atoms with E-state index in [0.717, 1.165) is 19.8 Å². The van der Waals surface area contributed by atoms with E-state index in [9.17, 15) is 0 Å². The lowest BCUT2D eigenvalue weighted by Crippen LogP contribution is -2.34. The zero-order chi connectivity index (χ0) is 9.14. The van der Waals surface area contributed by atoms with Gasteiger partial charge in [0.1, 0.15) is 0 Å². The minimum atomic E-state index is 0.386. The van der Waals surface area contributed by atoms with Crippen LogP contribution in [0.25, 0.3) is 0 Å². The van der Waals surface area contributed by atoms with Crippen molar-refractivity contribution in [1.29, 1.82) is 0 Å². The van der Waals surface area contributed by atoms with Gasteiger partial charge >= 0.3 is 0 Å². The van der Waals surface area contributed by atoms with Crippen LogP contribution in [0.5, 0.6) is 0 Å². The van der Waals surface area contributed by atoms with Crippen molar-refractivity contribution >= 4 is 0 Å². The Morgan fingerprint density at radius 2 is 2.17 bits per heavy atom. The fourth-order valence-electron chi connectivity index (χ4n) is 1.40. The molecule has 12 heavy (non-hydrogen) atoms. The average molecular weight is 169 g/mol. The molecule has 1 atom stereocenters. The second-order valence-corrected chi connectivity index (χ2v) is 3.49. The molecule has 0 radical (unpaired) electrons. The van der Waals surface area contributed by atoms with Gasteiger partial charge < -0.3 is 10.2 Å². The van der Waals surface area contributed by atoms with E-state index in [-0.39, 0.29) is 0 Å². The quantitative estimate of drug-likeness (QED) is 0.656. The summed E-state index contributed by atoms with van der Waals surface area (Å²) in [6.07, 6.45) is 0. The van der Waals surface area contributed by atoms with Gasteiger partial charge in [0.25, 0.3) is 0 Å². The van der Waals surface area contributed by atoms with Crippen molar-refractivity contribution in [3.8, 4) is 0 Å². The third kappa shape index (κ3) is 1.99. The summed E-state index contributed by atoms with van der Waals surface area (Å²) in [4.78, 5) is 4.62. The van der Waals surface area contributed by atoms with Gasteiger partial charge in [-0.2, -0.15) is 0 Å². The Labute approximate surface area is 75.0 Å². The van der Waals surface area contributed by atoms with E-state index in [1.165, 1.54) is 5.70 Å². The smallest absolute Gasteiger partial charge is 0.0703 e. The maximum absolute atomic E-state index is 4.08. The van der Waals surface area contributed by atoms with Gasteiger partial charge in [0.2, 0.25) is 0 Å². The lowest BCUT2D eigenvalue weighted by molar-refractivity contribution is 0.307. The molecule has 1 aliphatic rings. The summed E-state index contributed by atoms with van der Waals surface area (Å²) in [6.45, 7) is 9.50. The van der Waals surface area contributed by atoms with E-state index >= 15 is 0 Å². The minimum absolute atomic E-state index is 0.386. The summed E-state index contributed by atoms with van der Waals surface area (Å²) in [5, 5.41) is 3.20. The zero-order valence-electron chi connectivity index (χ0n) is 8.30. The Kier molecular flexibility index (Phi) is 3.12. The second-order valence-electron chi connectivity index (χ2n) is 3.49. The normalized spacial score (nSPS) is 21.4. The van der Waals surface area contributed by atoms with Gasteiger partial charge in [0.15, 0.2) is 0 Å². The molecule has 0 saturated carbocycles. The van der Waals surface area contributed by atoms with Crippen LogP contribution in [-0.2, 0) is 0 Å². The molecule has 3 heteroatoms. The van der Waals surface area contributed by atoms with Crippen LogP contribution in [-0.4, -0.2) is 49.7 Å². The number of hydrogen-bond donors (Lipinski definition) is 1. The molecule has 1 N–H and O–H groups in total. The first-order valence-electron chi connectivity index (χ1n) is 4.44. The molecule has 0 aromatic rings. The van der Waals surface area contributed by atoms with Crippen LogP contribution in [0.1, 0.15) is 6.92 Å². The molecule has 0 aliphatic carbocycles. The van der Waals surface area contributed by atoms with Crippen LogP contribution in [0.15, 0.2) is 12.3 Å². The topological polar surface area (TPSA) is 18.5 Å². The number of rotatable bonds is 3. The van der Waals surface area contributed by atoms with Gasteiger partial charge in [-0.25, -0.2) is 0 Å². The molecule has 1 aliphatic heterocycles. The molecule has 1 saturated heterocycles. The molecule has 1 heterocycles. The maximum atomic E-state index is 4.08. The highest BCUT2D eigenvalue weighted by Gasteiger charge is 2.19. The third-order valence-electron chi connectivity index (χ3n) is 2.50. The highest BCUT2D eigenvalue weighted by Crippen LogP contribution is 2.11. The molecule has 0 spiro atoms. The first-order valence-corrected chi connectivity index (χ1v) is 4.44. The van der Waals surface area contributed by atoms with E-state index < -0.39 is 0 Å². The van der Waals surface area contributed by atoms with Crippen molar-refractivity contribution in [1.82, 2.24) is 15.1 Å². The largest absolute Gasteiger partial charge is 0.360 e. The fourth-order valence-corrected chi connectivity index (χ4v) is 1.40. The van der Waals surface area contributed by atoms with Crippen LogP contribution in [0.3, 0.4) is 0 Å². The lowest BCUT2D eigenvalue weighted by Gasteiger charge is -2.25. The Balaban J connectivity index is 2.43. The van der Waals surface area contributed by atoms with E-state index in [1.54, 1.807) is 0 Å². The summed E-state index contributed by atoms with van der Waals surface area (Å²) in [6, 6.07) is 0.386. The number of nitrogens with zero attached hydrogens (tertiary/aromatic N) is 2. The van der Waals surface area contributed by atoms with E-state index in [0.29, 0.717) is 6.04 Å². The predicted molar refractivity (Wildman–Crippen MR) is 51.9 cm³/mol. The molecule has 1 unspecified atom stereocenters. The van der Waals surface area contributed by atoms with Crippen LogP contribution in [0.4, 0.5) is 0 Å². The van der Waals surface area contributed by atoms with Crippen molar-refractivity contribution in [2.24, 2.45) is 0 Å². The van der Waals surface area contributed by atoms with Crippen LogP contribution < -0.4 is 5.32 Å². The first-order chi connectivity index (χ1) is 5.65. The van der Waals surface area contributed by atoms with Gasteiger partial charge in [-0.05, 0) is 21.0 Å². The molecule has 70 valence electrons. The SMILES string of the molecule is C=C(C(C)NC)N1CCN(C)C1. The molecule has 1 rings (SSSR count). The molecule has 0 amide bonds. The van der Waals surface area contributed by atoms with E-state index in [1.807, 2.05) is 7.05 Å². The monoisotopic (exact) mass is 169 g/mol. The van der Waals surface area contributed by atoms with Gasteiger partial charge in [-0.1, -0.05) is 6.58 Å². The van der Waals surface area contributed by atoms with E-state index in [2.05, 4.69) is 35.7 Å². The summed E-state index contributed by atoms with van der Waals surface area (Å²) >= 11 is 0. The van der Waals surface area contributed by atoms with Gasteiger partial charge in [-0.15, -0.1) is 0 Å². The van der Waals surface area contributed by atoms with Crippen molar-refractivity contribution in [2.45, 2.75) is 13.0 Å². The van der Waals surface area contributed by atoms with Gasteiger partial charge in [0.05, 0.1) is 6.67 Å². The average Bonchev–Trinajstić information content (AvgIpc) is 2.49. The molecule has 0 aromatic heterocycles. The van der Waals surface area contributed by atoms with Gasteiger partial charge in [-0.3, -0.25) is 4.90 Å². The van der Waals surface area contributed by atoms with Crippen molar-refractivity contribution in [3.05, 3.63) is 12.3 Å². The summed E-state index contributed by atoms with van der Waals surface area (Å²) in [5.74, 6) is 0. The van der Waals surface area contributed by atoms with Gasteiger partial charge in [0, 0.05) is 24.8 Å². The number of hydrogen-bond acceptors (Lipinski definition) is 3. The Bertz CT molecular complexity index is 167. The molecular formula is C9H19N3. The lowest BCUT2D eigenvalue weighted by atomic mass is 10.2. The van der Waals surface area contributed by atoms with Crippen molar-refractivity contribution in [3.63, 3.8) is 0 Å². The standard InChI is InChI=1S/C9H19N3/c1-8(10-3)9(2)12-6-5-11(4)7-12/h8,10H,2,5-7H2,1,3-4H3. The summed E-state index contributed by atoms with van der Waals surface area (Å²) in [5.41, 5.74) is 1.20. The van der Waals surface area contributed by atoms with Crippen LogP contribution in [0, 0.1) is 0 Å².